The Morgan fingerprint density at radius 2 is 1.70 bits per heavy atom. The van der Waals surface area contributed by atoms with Crippen molar-refractivity contribution in [3.05, 3.63) is 53.6 Å². The lowest BCUT2D eigenvalue weighted by Crippen LogP contribution is -2.56. The molecule has 0 saturated carbocycles. The van der Waals surface area contributed by atoms with Crippen molar-refractivity contribution in [3.8, 4) is 5.75 Å². The SMILES string of the molecule is CC(C)c1ccc(NC(=O)c2ccc3c(c2)N(CC(=O)NC(C)(C)C)C(=O)C(C)(C)O3)cc1. The normalized spacial score (nSPS) is 15.0. The summed E-state index contributed by atoms with van der Waals surface area (Å²) in [5.74, 6) is -0.105. The third-order valence-corrected chi connectivity index (χ3v) is 5.29. The van der Waals surface area contributed by atoms with Crippen LogP contribution in [0, 0.1) is 0 Å². The Labute approximate surface area is 195 Å². The Kier molecular flexibility index (Phi) is 6.54. The molecular weight excluding hydrogens is 418 g/mol. The number of carbonyl (C=O) groups is 3. The highest BCUT2D eigenvalue weighted by atomic mass is 16.5. The fourth-order valence-electron chi connectivity index (χ4n) is 3.62. The fourth-order valence-corrected chi connectivity index (χ4v) is 3.62. The summed E-state index contributed by atoms with van der Waals surface area (Å²) in [6.07, 6.45) is 0. The molecule has 3 rings (SSSR count). The van der Waals surface area contributed by atoms with E-state index in [1.807, 2.05) is 45.0 Å². The molecule has 0 aliphatic carbocycles. The molecule has 2 aromatic rings. The van der Waals surface area contributed by atoms with Crippen LogP contribution in [0.4, 0.5) is 11.4 Å². The van der Waals surface area contributed by atoms with Crippen molar-refractivity contribution in [2.45, 2.75) is 65.5 Å². The van der Waals surface area contributed by atoms with Gasteiger partial charge in [-0.3, -0.25) is 19.3 Å². The molecule has 1 aliphatic rings. The van der Waals surface area contributed by atoms with Crippen LogP contribution in [0.15, 0.2) is 42.5 Å². The van der Waals surface area contributed by atoms with Crippen molar-refractivity contribution >= 4 is 29.1 Å². The standard InChI is InChI=1S/C26H33N3O4/c1-16(2)17-8-11-19(12-9-17)27-23(31)18-10-13-21-20(14-18)29(24(32)26(6,7)33-21)15-22(30)28-25(3,4)5/h8-14,16H,15H2,1-7H3,(H,27,31)(H,28,30). The lowest BCUT2D eigenvalue weighted by molar-refractivity contribution is -0.134. The first kappa shape index (κ1) is 24.3. The number of carbonyl (C=O) groups excluding carboxylic acids is 3. The van der Waals surface area contributed by atoms with Gasteiger partial charge in [-0.2, -0.15) is 0 Å². The quantitative estimate of drug-likeness (QED) is 0.702. The van der Waals surface area contributed by atoms with Crippen molar-refractivity contribution in [2.75, 3.05) is 16.8 Å². The molecule has 0 fully saturated rings. The Morgan fingerprint density at radius 3 is 2.27 bits per heavy atom. The van der Waals surface area contributed by atoms with Crippen LogP contribution in [0.25, 0.3) is 0 Å². The summed E-state index contributed by atoms with van der Waals surface area (Å²) in [6, 6.07) is 12.6. The van der Waals surface area contributed by atoms with E-state index in [-0.39, 0.29) is 24.3 Å². The van der Waals surface area contributed by atoms with E-state index in [0.717, 1.165) is 0 Å². The molecule has 1 aliphatic heterocycles. The molecule has 2 N–H and O–H groups in total. The zero-order valence-electron chi connectivity index (χ0n) is 20.4. The minimum Gasteiger partial charge on any atom is -0.476 e. The average molecular weight is 452 g/mol. The van der Waals surface area contributed by atoms with Crippen LogP contribution in [0.2, 0.25) is 0 Å². The van der Waals surface area contributed by atoms with E-state index in [2.05, 4.69) is 24.5 Å². The first-order valence-electron chi connectivity index (χ1n) is 11.1. The average Bonchev–Trinajstić information content (AvgIpc) is 2.70. The van der Waals surface area contributed by atoms with E-state index < -0.39 is 11.1 Å². The van der Waals surface area contributed by atoms with Gasteiger partial charge in [-0.1, -0.05) is 26.0 Å². The van der Waals surface area contributed by atoms with Gasteiger partial charge in [0, 0.05) is 16.8 Å². The summed E-state index contributed by atoms with van der Waals surface area (Å²) in [5.41, 5.74) is 1.06. The lowest BCUT2D eigenvalue weighted by Gasteiger charge is -2.39. The summed E-state index contributed by atoms with van der Waals surface area (Å²) in [6.45, 7) is 13.0. The van der Waals surface area contributed by atoms with Crippen molar-refractivity contribution in [1.82, 2.24) is 5.32 Å². The zero-order valence-corrected chi connectivity index (χ0v) is 20.4. The van der Waals surface area contributed by atoms with E-state index in [4.69, 9.17) is 4.74 Å². The number of anilines is 2. The van der Waals surface area contributed by atoms with E-state index in [9.17, 15) is 14.4 Å². The van der Waals surface area contributed by atoms with Gasteiger partial charge in [-0.15, -0.1) is 0 Å². The van der Waals surface area contributed by atoms with E-state index in [0.29, 0.717) is 28.6 Å². The van der Waals surface area contributed by atoms with Gasteiger partial charge in [-0.25, -0.2) is 0 Å². The van der Waals surface area contributed by atoms with Gasteiger partial charge in [0.25, 0.3) is 11.8 Å². The molecular formula is C26H33N3O4. The van der Waals surface area contributed by atoms with Crippen molar-refractivity contribution in [1.29, 1.82) is 0 Å². The molecule has 0 radical (unpaired) electrons. The van der Waals surface area contributed by atoms with Crippen LogP contribution in [0.5, 0.6) is 5.75 Å². The minimum absolute atomic E-state index is 0.169. The first-order chi connectivity index (χ1) is 15.3. The topological polar surface area (TPSA) is 87.7 Å². The number of fused-ring (bicyclic) bond motifs is 1. The molecule has 176 valence electrons. The third kappa shape index (κ3) is 5.72. The number of hydrogen-bond acceptors (Lipinski definition) is 4. The van der Waals surface area contributed by atoms with Gasteiger partial charge in [0.15, 0.2) is 5.60 Å². The van der Waals surface area contributed by atoms with Crippen LogP contribution >= 0.6 is 0 Å². The van der Waals surface area contributed by atoms with Crippen LogP contribution < -0.4 is 20.3 Å². The number of amides is 3. The Morgan fingerprint density at radius 1 is 1.06 bits per heavy atom. The molecule has 3 amide bonds. The monoisotopic (exact) mass is 451 g/mol. The molecule has 0 unspecified atom stereocenters. The zero-order chi connectivity index (χ0) is 24.6. The van der Waals surface area contributed by atoms with Gasteiger partial charge in [0.05, 0.1) is 5.69 Å². The number of benzene rings is 2. The summed E-state index contributed by atoms with van der Waals surface area (Å²) in [4.78, 5) is 40.0. The Bertz CT molecular complexity index is 1070. The largest absolute Gasteiger partial charge is 0.476 e. The molecule has 0 aromatic heterocycles. The Balaban J connectivity index is 1.87. The highest BCUT2D eigenvalue weighted by molar-refractivity contribution is 6.09. The molecule has 7 nitrogen and oxygen atoms in total. The van der Waals surface area contributed by atoms with Gasteiger partial charge < -0.3 is 15.4 Å². The number of nitrogens with zero attached hydrogens (tertiary/aromatic N) is 1. The molecule has 0 atom stereocenters. The molecule has 33 heavy (non-hydrogen) atoms. The number of hydrogen-bond donors (Lipinski definition) is 2. The van der Waals surface area contributed by atoms with Crippen molar-refractivity contribution in [3.63, 3.8) is 0 Å². The van der Waals surface area contributed by atoms with Crippen molar-refractivity contribution < 1.29 is 19.1 Å². The maximum atomic E-state index is 13.1. The lowest BCUT2D eigenvalue weighted by atomic mass is 10.0. The number of nitrogens with one attached hydrogen (secondary N) is 2. The molecule has 1 heterocycles. The maximum absolute atomic E-state index is 13.1. The highest BCUT2D eigenvalue weighted by Crippen LogP contribution is 2.38. The number of rotatable bonds is 5. The van der Waals surface area contributed by atoms with E-state index in [1.54, 1.807) is 32.0 Å². The van der Waals surface area contributed by atoms with E-state index in [1.165, 1.54) is 10.5 Å². The van der Waals surface area contributed by atoms with Crippen LogP contribution in [0.3, 0.4) is 0 Å². The number of ether oxygens (including phenoxy) is 1. The summed E-state index contributed by atoms with van der Waals surface area (Å²) in [5, 5.41) is 5.76. The summed E-state index contributed by atoms with van der Waals surface area (Å²) in [7, 11) is 0. The summed E-state index contributed by atoms with van der Waals surface area (Å²) >= 11 is 0. The predicted octanol–water partition coefficient (Wildman–Crippen LogP) is 4.48. The van der Waals surface area contributed by atoms with Crippen LogP contribution in [-0.2, 0) is 9.59 Å². The van der Waals surface area contributed by atoms with Crippen LogP contribution in [0.1, 0.15) is 70.3 Å². The van der Waals surface area contributed by atoms with Gasteiger partial charge in [0.1, 0.15) is 12.3 Å². The maximum Gasteiger partial charge on any atom is 0.271 e. The predicted molar refractivity (Wildman–Crippen MR) is 130 cm³/mol. The van der Waals surface area contributed by atoms with Gasteiger partial charge in [-0.05, 0) is 76.4 Å². The molecule has 2 aromatic carbocycles. The van der Waals surface area contributed by atoms with Gasteiger partial charge in [0.2, 0.25) is 5.91 Å². The Hall–Kier alpha value is -3.35. The summed E-state index contributed by atoms with van der Waals surface area (Å²) < 4.78 is 5.88. The second-order valence-corrected chi connectivity index (χ2v) is 10.2. The molecule has 7 heteroatoms. The van der Waals surface area contributed by atoms with Crippen LogP contribution in [-0.4, -0.2) is 35.4 Å². The minimum atomic E-state index is -1.13. The molecule has 0 bridgehead atoms. The van der Waals surface area contributed by atoms with Gasteiger partial charge >= 0.3 is 0 Å². The van der Waals surface area contributed by atoms with Crippen molar-refractivity contribution in [2.24, 2.45) is 0 Å². The second kappa shape index (κ2) is 8.89. The third-order valence-electron chi connectivity index (χ3n) is 5.29. The first-order valence-corrected chi connectivity index (χ1v) is 11.1. The fraction of sp³-hybridized carbons (Fsp3) is 0.423. The molecule has 0 spiro atoms. The smallest absolute Gasteiger partial charge is 0.271 e. The van der Waals surface area contributed by atoms with E-state index >= 15 is 0 Å². The highest BCUT2D eigenvalue weighted by Gasteiger charge is 2.42. The second-order valence-electron chi connectivity index (χ2n) is 10.2. The molecule has 0 saturated heterocycles.